The Balaban J connectivity index is 2.13. The van der Waals surface area contributed by atoms with Crippen molar-refractivity contribution in [3.05, 3.63) is 0 Å². The Morgan fingerprint density at radius 3 is 2.36 bits per heavy atom. The van der Waals surface area contributed by atoms with E-state index in [9.17, 15) is 4.79 Å². The molecule has 2 atom stereocenters. The van der Waals surface area contributed by atoms with Crippen LogP contribution in [0.2, 0.25) is 0 Å². The van der Waals surface area contributed by atoms with E-state index < -0.39 is 0 Å². The second-order valence-electron chi connectivity index (χ2n) is 4.14. The Morgan fingerprint density at radius 1 is 1.36 bits per heavy atom. The van der Waals surface area contributed by atoms with Gasteiger partial charge in [0.15, 0.2) is 0 Å². The van der Waals surface area contributed by atoms with Crippen LogP contribution in [0.4, 0.5) is 0 Å². The van der Waals surface area contributed by atoms with Crippen molar-refractivity contribution < 1.29 is 4.79 Å². The molecule has 2 unspecified atom stereocenters. The van der Waals surface area contributed by atoms with Gasteiger partial charge in [0.2, 0.25) is 0 Å². The predicted molar refractivity (Wildman–Crippen MR) is 47.8 cm³/mol. The summed E-state index contributed by atoms with van der Waals surface area (Å²) >= 11 is 2.11. The Morgan fingerprint density at radius 2 is 1.91 bits per heavy atom. The number of hydrogen-bond donors (Lipinski definition) is 0. The zero-order chi connectivity index (χ0) is 7.90. The van der Waals surface area contributed by atoms with Crippen molar-refractivity contribution in [2.45, 2.75) is 43.1 Å². The van der Waals surface area contributed by atoms with Gasteiger partial charge in [-0.25, -0.2) is 0 Å². The minimum absolute atomic E-state index is 0.0249. The average Bonchev–Trinajstić information content (AvgIpc) is 2.31. The number of carbonyl (C=O) groups excluding carboxylic acids is 1. The molecule has 0 aromatic heterocycles. The normalized spacial score (nSPS) is 49.2. The van der Waals surface area contributed by atoms with E-state index in [0.717, 1.165) is 23.3 Å². The third kappa shape index (κ3) is 1.33. The van der Waals surface area contributed by atoms with E-state index in [1.165, 1.54) is 19.1 Å². The van der Waals surface area contributed by atoms with Gasteiger partial charge < -0.3 is 4.79 Å². The molecule has 0 aromatic rings. The van der Waals surface area contributed by atoms with Crippen LogP contribution in [0, 0.1) is 5.41 Å². The molecule has 2 bridgehead atoms. The number of hydrogen-bond acceptors (Lipinski definition) is 2. The smallest absolute Gasteiger partial charge is 0.125 e. The van der Waals surface area contributed by atoms with E-state index in [1.54, 1.807) is 0 Å². The van der Waals surface area contributed by atoms with Crippen LogP contribution in [0.15, 0.2) is 0 Å². The molecule has 2 heterocycles. The van der Waals surface area contributed by atoms with E-state index in [1.807, 2.05) is 0 Å². The SMILES string of the molecule is CC1(C=O)CC2CCC(C1)S2. The number of rotatable bonds is 1. The topological polar surface area (TPSA) is 17.1 Å². The fourth-order valence-corrected chi connectivity index (χ4v) is 4.34. The van der Waals surface area contributed by atoms with Crippen LogP contribution < -0.4 is 0 Å². The predicted octanol–water partition coefficient (Wildman–Crippen LogP) is 2.25. The summed E-state index contributed by atoms with van der Waals surface area (Å²) in [5.41, 5.74) is 0.0249. The molecular weight excluding hydrogens is 156 g/mol. The van der Waals surface area contributed by atoms with Gasteiger partial charge in [-0.15, -0.1) is 0 Å². The first kappa shape index (κ1) is 7.66. The van der Waals surface area contributed by atoms with Crippen LogP contribution in [0.3, 0.4) is 0 Å². The van der Waals surface area contributed by atoms with Crippen LogP contribution in [-0.4, -0.2) is 16.8 Å². The van der Waals surface area contributed by atoms with Crippen LogP contribution in [-0.2, 0) is 4.79 Å². The number of thioether (sulfide) groups is 1. The molecule has 0 amide bonds. The summed E-state index contributed by atoms with van der Waals surface area (Å²) < 4.78 is 0. The first-order valence-corrected chi connectivity index (χ1v) is 5.28. The van der Waals surface area contributed by atoms with E-state index in [0.29, 0.717) is 0 Å². The monoisotopic (exact) mass is 170 g/mol. The van der Waals surface area contributed by atoms with Crippen molar-refractivity contribution >= 4 is 18.0 Å². The van der Waals surface area contributed by atoms with Crippen LogP contribution in [0.25, 0.3) is 0 Å². The largest absolute Gasteiger partial charge is 0.303 e. The fourth-order valence-electron chi connectivity index (χ4n) is 2.30. The Kier molecular flexibility index (Phi) is 1.75. The molecule has 2 fully saturated rings. The summed E-state index contributed by atoms with van der Waals surface area (Å²) in [4.78, 5) is 10.8. The highest BCUT2D eigenvalue weighted by Crippen LogP contribution is 2.50. The molecular formula is C9H14OS. The summed E-state index contributed by atoms with van der Waals surface area (Å²) in [7, 11) is 0. The van der Waals surface area contributed by atoms with Gasteiger partial charge in [-0.1, -0.05) is 6.92 Å². The molecule has 2 aliphatic rings. The van der Waals surface area contributed by atoms with E-state index in [-0.39, 0.29) is 5.41 Å². The quantitative estimate of drug-likeness (QED) is 0.561. The summed E-state index contributed by atoms with van der Waals surface area (Å²) in [5, 5.41) is 1.59. The lowest BCUT2D eigenvalue weighted by atomic mass is 9.84. The molecule has 2 aliphatic heterocycles. The first-order chi connectivity index (χ1) is 5.22. The first-order valence-electron chi connectivity index (χ1n) is 4.34. The molecule has 2 saturated heterocycles. The van der Waals surface area contributed by atoms with Crippen molar-refractivity contribution in [2.75, 3.05) is 0 Å². The molecule has 2 rings (SSSR count). The second-order valence-corrected chi connectivity index (χ2v) is 5.74. The van der Waals surface area contributed by atoms with Gasteiger partial charge in [-0.05, 0) is 25.7 Å². The highest BCUT2D eigenvalue weighted by Gasteiger charge is 2.41. The third-order valence-corrected chi connectivity index (χ3v) is 4.44. The van der Waals surface area contributed by atoms with Gasteiger partial charge >= 0.3 is 0 Å². The lowest BCUT2D eigenvalue weighted by molar-refractivity contribution is -0.116. The summed E-state index contributed by atoms with van der Waals surface area (Å²) in [6, 6.07) is 0. The molecule has 1 nitrogen and oxygen atoms in total. The van der Waals surface area contributed by atoms with Gasteiger partial charge in [0, 0.05) is 15.9 Å². The van der Waals surface area contributed by atoms with Crippen LogP contribution in [0.5, 0.6) is 0 Å². The maximum atomic E-state index is 10.8. The zero-order valence-electron chi connectivity index (χ0n) is 6.88. The van der Waals surface area contributed by atoms with Crippen molar-refractivity contribution in [1.82, 2.24) is 0 Å². The molecule has 0 N–H and O–H groups in total. The highest BCUT2D eigenvalue weighted by atomic mass is 32.2. The van der Waals surface area contributed by atoms with Gasteiger partial charge in [0.05, 0.1) is 0 Å². The van der Waals surface area contributed by atoms with E-state index >= 15 is 0 Å². The van der Waals surface area contributed by atoms with E-state index in [4.69, 9.17) is 0 Å². The molecule has 0 radical (unpaired) electrons. The van der Waals surface area contributed by atoms with Crippen LogP contribution in [0.1, 0.15) is 32.6 Å². The highest BCUT2D eigenvalue weighted by molar-refractivity contribution is 8.00. The number of carbonyl (C=O) groups is 1. The molecule has 62 valence electrons. The lowest BCUT2D eigenvalue weighted by Crippen LogP contribution is -2.28. The summed E-state index contributed by atoms with van der Waals surface area (Å²) in [6.07, 6.45) is 6.12. The Labute approximate surface area is 71.9 Å². The maximum Gasteiger partial charge on any atom is 0.125 e. The molecule has 0 aromatic carbocycles. The van der Waals surface area contributed by atoms with E-state index in [2.05, 4.69) is 18.7 Å². The third-order valence-electron chi connectivity index (χ3n) is 2.87. The fraction of sp³-hybridized carbons (Fsp3) is 0.889. The molecule has 0 spiro atoms. The van der Waals surface area contributed by atoms with Crippen molar-refractivity contribution in [1.29, 1.82) is 0 Å². The number of fused-ring (bicyclic) bond motifs is 2. The van der Waals surface area contributed by atoms with Crippen LogP contribution >= 0.6 is 11.8 Å². The maximum absolute atomic E-state index is 10.8. The van der Waals surface area contributed by atoms with Gasteiger partial charge in [0.1, 0.15) is 6.29 Å². The lowest BCUT2D eigenvalue weighted by Gasteiger charge is -2.32. The standard InChI is InChI=1S/C9H14OS/c1-9(6-10)4-7-2-3-8(5-9)11-7/h6-8H,2-5H2,1H3. The van der Waals surface area contributed by atoms with Crippen molar-refractivity contribution in [3.63, 3.8) is 0 Å². The molecule has 11 heavy (non-hydrogen) atoms. The van der Waals surface area contributed by atoms with Crippen molar-refractivity contribution in [3.8, 4) is 0 Å². The summed E-state index contributed by atoms with van der Waals surface area (Å²) in [5.74, 6) is 0. The van der Waals surface area contributed by atoms with Gasteiger partial charge in [-0.3, -0.25) is 0 Å². The van der Waals surface area contributed by atoms with Crippen molar-refractivity contribution in [2.24, 2.45) is 5.41 Å². The minimum Gasteiger partial charge on any atom is -0.303 e. The number of aldehydes is 1. The van der Waals surface area contributed by atoms with Gasteiger partial charge in [-0.2, -0.15) is 11.8 Å². The Hall–Kier alpha value is 0.0200. The minimum atomic E-state index is 0.0249. The Bertz CT molecular complexity index is 166. The van der Waals surface area contributed by atoms with Gasteiger partial charge in [0.25, 0.3) is 0 Å². The zero-order valence-corrected chi connectivity index (χ0v) is 7.69. The molecule has 0 aliphatic carbocycles. The summed E-state index contributed by atoms with van der Waals surface area (Å²) in [6.45, 7) is 2.12. The molecule has 0 saturated carbocycles. The second kappa shape index (κ2) is 2.51. The average molecular weight is 170 g/mol. The molecule has 2 heteroatoms.